The van der Waals surface area contributed by atoms with Crippen LogP contribution in [-0.4, -0.2) is 9.97 Å². The number of hydrogen-bond donors (Lipinski definition) is 0. The molecule has 11 aromatic rings. The number of aromatic nitrogens is 2. The molecule has 0 radical (unpaired) electrons. The molecule has 0 fully saturated rings. The first kappa shape index (κ1) is 36.9. The molecule has 1 aliphatic rings. The van der Waals surface area contributed by atoms with E-state index in [0.717, 1.165) is 39.0 Å². The van der Waals surface area contributed by atoms with Crippen molar-refractivity contribution in [2.75, 3.05) is 0 Å². The van der Waals surface area contributed by atoms with Crippen molar-refractivity contribution in [2.24, 2.45) is 0 Å². The predicted octanol–water partition coefficient (Wildman–Crippen LogP) is 16.2. The van der Waals surface area contributed by atoms with Crippen LogP contribution in [0.5, 0.6) is 0 Å². The third kappa shape index (κ3) is 6.02. The third-order valence-electron chi connectivity index (χ3n) is 13.3. The summed E-state index contributed by atoms with van der Waals surface area (Å²) in [5, 5.41) is 7.28. The summed E-state index contributed by atoms with van der Waals surface area (Å²) < 4.78 is 0. The Morgan fingerprint density at radius 1 is 0.302 bits per heavy atom. The molecule has 0 bridgehead atoms. The lowest BCUT2D eigenvalue weighted by atomic mass is 9.81. The highest BCUT2D eigenvalue weighted by Crippen LogP contribution is 2.53. The zero-order chi connectivity index (χ0) is 42.1. The number of benzene rings is 10. The van der Waals surface area contributed by atoms with E-state index in [-0.39, 0.29) is 5.41 Å². The first-order chi connectivity index (χ1) is 31.0. The summed E-state index contributed by atoms with van der Waals surface area (Å²) >= 11 is 0. The molecule has 0 spiro atoms. The first-order valence-electron chi connectivity index (χ1n) is 21.8. The fourth-order valence-corrected chi connectivity index (χ4v) is 10.3. The zero-order valence-corrected chi connectivity index (χ0v) is 35.2. The fraction of sp³-hybridized carbons (Fsp3) is 0.0492. The Balaban J connectivity index is 1.01. The highest BCUT2D eigenvalue weighted by Gasteiger charge is 2.36. The van der Waals surface area contributed by atoms with E-state index >= 15 is 0 Å². The van der Waals surface area contributed by atoms with Crippen LogP contribution in [0.25, 0.3) is 111 Å². The topological polar surface area (TPSA) is 25.8 Å². The predicted molar refractivity (Wildman–Crippen MR) is 265 cm³/mol. The Labute approximate surface area is 367 Å². The average Bonchev–Trinajstić information content (AvgIpc) is 3.59. The number of rotatable bonds is 6. The van der Waals surface area contributed by atoms with Gasteiger partial charge in [0.1, 0.15) is 0 Å². The van der Waals surface area contributed by atoms with Crippen LogP contribution >= 0.6 is 0 Å². The lowest BCUT2D eigenvalue weighted by Gasteiger charge is -2.22. The molecule has 0 amide bonds. The molecular formula is C61H42N2. The summed E-state index contributed by atoms with van der Waals surface area (Å²) in [4.78, 5) is 10.6. The summed E-state index contributed by atoms with van der Waals surface area (Å²) in [6, 6.07) is 79.1. The van der Waals surface area contributed by atoms with Gasteiger partial charge in [-0.1, -0.05) is 220 Å². The van der Waals surface area contributed by atoms with Gasteiger partial charge in [0, 0.05) is 22.1 Å². The average molecular weight is 803 g/mol. The molecule has 1 heterocycles. The monoisotopic (exact) mass is 802 g/mol. The number of nitrogens with zero attached hydrogens (tertiary/aromatic N) is 2. The van der Waals surface area contributed by atoms with Crippen LogP contribution in [0.2, 0.25) is 0 Å². The van der Waals surface area contributed by atoms with E-state index in [4.69, 9.17) is 9.97 Å². The summed E-state index contributed by atoms with van der Waals surface area (Å²) in [7, 11) is 0. The van der Waals surface area contributed by atoms with E-state index in [1.54, 1.807) is 0 Å². The Morgan fingerprint density at radius 2 is 0.778 bits per heavy atom. The second-order valence-electron chi connectivity index (χ2n) is 17.2. The van der Waals surface area contributed by atoms with Crippen LogP contribution in [0.4, 0.5) is 0 Å². The van der Waals surface area contributed by atoms with E-state index in [2.05, 4.69) is 226 Å². The zero-order valence-electron chi connectivity index (χ0n) is 35.2. The van der Waals surface area contributed by atoms with Crippen LogP contribution in [0.3, 0.4) is 0 Å². The van der Waals surface area contributed by atoms with Crippen molar-refractivity contribution >= 4 is 32.3 Å². The molecule has 0 aliphatic heterocycles. The maximum atomic E-state index is 5.31. The molecule has 0 saturated heterocycles. The Morgan fingerprint density at radius 3 is 1.52 bits per heavy atom. The van der Waals surface area contributed by atoms with Crippen LogP contribution < -0.4 is 0 Å². The van der Waals surface area contributed by atoms with Gasteiger partial charge in [0.25, 0.3) is 0 Å². The van der Waals surface area contributed by atoms with Crippen molar-refractivity contribution in [2.45, 2.75) is 19.3 Å². The van der Waals surface area contributed by atoms with Crippen molar-refractivity contribution < 1.29 is 0 Å². The highest BCUT2D eigenvalue weighted by molar-refractivity contribution is 6.13. The van der Waals surface area contributed by atoms with Crippen LogP contribution in [-0.2, 0) is 5.41 Å². The van der Waals surface area contributed by atoms with Gasteiger partial charge in [-0.25, -0.2) is 9.97 Å². The molecule has 2 nitrogen and oxygen atoms in total. The van der Waals surface area contributed by atoms with E-state index in [1.807, 2.05) is 6.07 Å². The molecule has 0 N–H and O–H groups in total. The standard InChI is InChI=1S/C61H42N2/c1-61(2)55-31-13-12-28-54(55)59-53(30-16-32-56(59)61)51-34-33-49(45-24-8-9-25-46(45)51)50-35-36-52(48-27-11-10-26-47(48)50)58-38-57(62-60(63-58)40-18-4-3-5-19-40)42-22-14-21-41(37-42)44-29-15-20-39-17-6-7-23-43(39)44/h3-38H,1-2H3. The maximum Gasteiger partial charge on any atom is 0.160 e. The second kappa shape index (κ2) is 14.6. The summed E-state index contributed by atoms with van der Waals surface area (Å²) in [5.41, 5.74) is 17.6. The van der Waals surface area contributed by atoms with E-state index in [9.17, 15) is 0 Å². The molecule has 63 heavy (non-hydrogen) atoms. The molecule has 0 unspecified atom stereocenters. The molecule has 0 saturated carbocycles. The van der Waals surface area contributed by atoms with Crippen LogP contribution in [0.15, 0.2) is 218 Å². The van der Waals surface area contributed by atoms with Crippen molar-refractivity contribution in [1.82, 2.24) is 9.97 Å². The van der Waals surface area contributed by atoms with Gasteiger partial charge >= 0.3 is 0 Å². The minimum Gasteiger partial charge on any atom is -0.228 e. The molecule has 2 heteroatoms. The molecular weight excluding hydrogens is 761 g/mol. The van der Waals surface area contributed by atoms with Crippen molar-refractivity contribution in [3.05, 3.63) is 230 Å². The van der Waals surface area contributed by atoms with E-state index < -0.39 is 0 Å². The fourth-order valence-electron chi connectivity index (χ4n) is 10.3. The molecule has 12 rings (SSSR count). The van der Waals surface area contributed by atoms with Gasteiger partial charge in [-0.2, -0.15) is 0 Å². The van der Waals surface area contributed by atoms with Gasteiger partial charge in [-0.15, -0.1) is 0 Å². The van der Waals surface area contributed by atoms with Crippen LogP contribution in [0, 0.1) is 0 Å². The minimum atomic E-state index is -0.0633. The minimum absolute atomic E-state index is 0.0633. The molecule has 1 aliphatic carbocycles. The second-order valence-corrected chi connectivity index (χ2v) is 17.2. The molecule has 296 valence electrons. The SMILES string of the molecule is CC1(C)c2ccccc2-c2c(-c3ccc(-c4ccc(-c5cc(-c6cccc(-c7cccc8ccccc78)c6)nc(-c6ccccc6)n5)c5ccccc45)c4ccccc34)cccc21. The molecule has 10 aromatic carbocycles. The lowest BCUT2D eigenvalue weighted by Crippen LogP contribution is -2.14. The maximum absolute atomic E-state index is 5.31. The van der Waals surface area contributed by atoms with E-state index in [0.29, 0.717) is 5.82 Å². The van der Waals surface area contributed by atoms with Gasteiger partial charge in [0.05, 0.1) is 11.4 Å². The van der Waals surface area contributed by atoms with Gasteiger partial charge in [-0.3, -0.25) is 0 Å². The van der Waals surface area contributed by atoms with Crippen molar-refractivity contribution in [3.63, 3.8) is 0 Å². The summed E-state index contributed by atoms with van der Waals surface area (Å²) in [6.45, 7) is 4.71. The largest absolute Gasteiger partial charge is 0.228 e. The first-order valence-corrected chi connectivity index (χ1v) is 21.8. The Kier molecular flexibility index (Phi) is 8.55. The Hall–Kier alpha value is -7.94. The normalized spacial score (nSPS) is 12.7. The van der Waals surface area contributed by atoms with Crippen LogP contribution in [0.1, 0.15) is 25.0 Å². The summed E-state index contributed by atoms with van der Waals surface area (Å²) in [6.07, 6.45) is 0. The van der Waals surface area contributed by atoms with E-state index in [1.165, 1.54) is 77.0 Å². The molecule has 1 aromatic heterocycles. The van der Waals surface area contributed by atoms with Crippen molar-refractivity contribution in [3.8, 4) is 78.4 Å². The Bertz CT molecular complexity index is 3590. The number of fused-ring (bicyclic) bond motifs is 6. The summed E-state index contributed by atoms with van der Waals surface area (Å²) in [5.74, 6) is 0.701. The number of hydrogen-bond acceptors (Lipinski definition) is 2. The van der Waals surface area contributed by atoms with Crippen molar-refractivity contribution in [1.29, 1.82) is 0 Å². The van der Waals surface area contributed by atoms with Gasteiger partial charge in [0.2, 0.25) is 0 Å². The van der Waals surface area contributed by atoms with Gasteiger partial charge < -0.3 is 0 Å². The van der Waals surface area contributed by atoms with Gasteiger partial charge in [-0.05, 0) is 100 Å². The quantitative estimate of drug-likeness (QED) is 0.167. The highest BCUT2D eigenvalue weighted by atomic mass is 14.9. The van der Waals surface area contributed by atoms with Gasteiger partial charge in [0.15, 0.2) is 5.82 Å². The smallest absolute Gasteiger partial charge is 0.160 e. The lowest BCUT2D eigenvalue weighted by molar-refractivity contribution is 0.660. The third-order valence-corrected chi connectivity index (χ3v) is 13.3. The molecule has 0 atom stereocenters.